The first kappa shape index (κ1) is 62.8. The number of morpholine rings is 1. The number of nitrogens with zero attached hydrogens (tertiary/aromatic N) is 7. The minimum atomic E-state index is -1.55. The number of aromatic nitrogens is 4. The number of aliphatic carboxylic acids is 1. The number of carboxylic acid groups (broad SMARTS) is 1. The smallest absolute Gasteiger partial charge is 0.323 e. The SMILES string of the molecule is O=C(O)C1(C(=O)OCc2ccccc2)CCN(Cc2ccc(-c3noc(-c4ccc(-c5ccccc5)c(F)c4)n3)cc2)CC1.O=C(OCc1ccccc1)C1(C(=O)N2CCOCC2)CCN(Cc2ccc(-c3noc(-c4ccc(-c5ccccc5)c(F)c4)n3)cc2)CC1. The Hall–Kier alpha value is -10.3. The number of esters is 2. The van der Waals surface area contributed by atoms with E-state index in [0.717, 1.165) is 44.5 Å². The van der Waals surface area contributed by atoms with Gasteiger partial charge >= 0.3 is 17.9 Å². The number of ether oxygens (including phenoxy) is 3. The first-order chi connectivity index (χ1) is 45.4. The summed E-state index contributed by atoms with van der Waals surface area (Å²) in [5, 5.41) is 18.2. The fraction of sp³-hybridized carbons (Fsp3) is 0.243. The molecule has 8 aromatic carbocycles. The van der Waals surface area contributed by atoms with Crippen LogP contribution >= 0.6 is 0 Å². The standard InChI is InChI=1S/C39H37FN4O5.C35H30FN3O5/c40-34-25-32(15-16-33(34)30-9-5-2-6-10-30)36-41-35(42-49-36)31-13-11-28(12-14-31)26-43-19-17-39(18-20-43,37(45)44-21-23-47-24-22-44)38(46)48-27-29-7-3-1-4-8-29;36-30-21-28(15-16-29(30)26-9-5-2-6-10-26)32-37-31(38-44-32)27-13-11-24(12-14-27)22-39-19-17-35(18-20-39,33(40)41)34(42)43-23-25-7-3-1-4-8-25/h1-16,25H,17-24,26-27H2;1-16,21H,17-20,22-23H2,(H,40,41). The quantitative estimate of drug-likeness (QED) is 0.0627. The third kappa shape index (κ3) is 14.7. The van der Waals surface area contributed by atoms with Gasteiger partial charge in [-0.2, -0.15) is 9.97 Å². The van der Waals surface area contributed by atoms with E-state index in [1.54, 1.807) is 29.2 Å². The lowest BCUT2D eigenvalue weighted by atomic mass is 9.76. The molecule has 19 heteroatoms. The molecule has 0 aliphatic carbocycles. The van der Waals surface area contributed by atoms with Crippen molar-refractivity contribution in [3.8, 4) is 67.9 Å². The molecular weight excluding hydrogens is 1180 g/mol. The molecule has 0 atom stereocenters. The van der Waals surface area contributed by atoms with Gasteiger partial charge in [0.05, 0.1) is 13.2 Å². The van der Waals surface area contributed by atoms with E-state index in [1.807, 2.05) is 170 Å². The number of halogens is 2. The van der Waals surface area contributed by atoms with Crippen molar-refractivity contribution in [1.29, 1.82) is 0 Å². The van der Waals surface area contributed by atoms with Crippen LogP contribution in [0.15, 0.2) is 215 Å². The van der Waals surface area contributed by atoms with Crippen molar-refractivity contribution in [2.24, 2.45) is 10.8 Å². The fourth-order valence-electron chi connectivity index (χ4n) is 11.9. The molecule has 93 heavy (non-hydrogen) atoms. The van der Waals surface area contributed by atoms with Crippen molar-refractivity contribution < 1.29 is 56.3 Å². The number of hydrogen-bond donors (Lipinski definition) is 1. The zero-order valence-electron chi connectivity index (χ0n) is 51.0. The molecule has 0 bridgehead atoms. The van der Waals surface area contributed by atoms with E-state index in [9.17, 15) is 33.1 Å². The predicted octanol–water partition coefficient (Wildman–Crippen LogP) is 13.0. The average Bonchev–Trinajstić information content (AvgIpc) is 1.48. The molecule has 3 aliphatic rings. The summed E-state index contributed by atoms with van der Waals surface area (Å²) in [7, 11) is 0. The topological polar surface area (TPSA) is 204 Å². The first-order valence-electron chi connectivity index (χ1n) is 30.9. The van der Waals surface area contributed by atoms with Crippen LogP contribution in [-0.2, 0) is 59.7 Å². The van der Waals surface area contributed by atoms with Crippen LogP contribution < -0.4 is 0 Å². The van der Waals surface area contributed by atoms with Gasteiger partial charge in [-0.25, -0.2) is 8.78 Å². The maximum atomic E-state index is 15.0. The second-order valence-corrected chi connectivity index (χ2v) is 23.4. The van der Waals surface area contributed by atoms with Crippen molar-refractivity contribution in [2.75, 3.05) is 52.5 Å². The van der Waals surface area contributed by atoms with Crippen LogP contribution in [-0.4, -0.2) is 116 Å². The van der Waals surface area contributed by atoms with Crippen LogP contribution in [0.5, 0.6) is 0 Å². The van der Waals surface area contributed by atoms with Gasteiger partial charge in [-0.1, -0.05) is 192 Å². The van der Waals surface area contributed by atoms with Gasteiger partial charge in [-0.15, -0.1) is 0 Å². The minimum absolute atomic E-state index is 0.0457. The predicted molar refractivity (Wildman–Crippen MR) is 343 cm³/mol. The van der Waals surface area contributed by atoms with E-state index in [0.29, 0.717) is 112 Å². The van der Waals surface area contributed by atoms with Crippen LogP contribution in [0.1, 0.15) is 47.9 Å². The largest absolute Gasteiger partial charge is 0.480 e. The van der Waals surface area contributed by atoms with Gasteiger partial charge in [0.25, 0.3) is 11.8 Å². The summed E-state index contributed by atoms with van der Waals surface area (Å²) in [6.07, 6.45) is 1.11. The number of hydrogen-bond acceptors (Lipinski definition) is 15. The van der Waals surface area contributed by atoms with Crippen molar-refractivity contribution in [1.82, 2.24) is 35.0 Å². The highest BCUT2D eigenvalue weighted by Crippen LogP contribution is 2.39. The molecule has 0 radical (unpaired) electrons. The number of carboxylic acids is 1. The molecule has 2 aromatic heterocycles. The number of likely N-dealkylation sites (tertiary alicyclic amines) is 2. The van der Waals surface area contributed by atoms with Gasteiger partial charge in [-0.05, 0) is 83.3 Å². The second-order valence-electron chi connectivity index (χ2n) is 23.4. The molecule has 0 spiro atoms. The first-order valence-corrected chi connectivity index (χ1v) is 30.9. The molecule has 3 aliphatic heterocycles. The molecule has 472 valence electrons. The minimum Gasteiger partial charge on any atom is -0.480 e. The van der Waals surface area contributed by atoms with E-state index in [1.165, 1.54) is 12.1 Å². The van der Waals surface area contributed by atoms with E-state index in [4.69, 9.17) is 23.3 Å². The van der Waals surface area contributed by atoms with Gasteiger partial charge in [0, 0.05) is 85.7 Å². The molecule has 1 amide bonds. The Morgan fingerprint density at radius 2 is 0.817 bits per heavy atom. The van der Waals surface area contributed by atoms with Gasteiger partial charge in [0.1, 0.15) is 30.3 Å². The Balaban J connectivity index is 0.000000180. The maximum absolute atomic E-state index is 15.0. The molecule has 3 fully saturated rings. The van der Waals surface area contributed by atoms with Gasteiger partial charge < -0.3 is 33.3 Å². The van der Waals surface area contributed by atoms with Gasteiger partial charge in [0.15, 0.2) is 5.41 Å². The van der Waals surface area contributed by atoms with Crippen LogP contribution in [0, 0.1) is 22.5 Å². The number of carbonyl (C=O) groups is 4. The lowest BCUT2D eigenvalue weighted by Gasteiger charge is -2.42. The van der Waals surface area contributed by atoms with Crippen molar-refractivity contribution >= 4 is 23.8 Å². The lowest BCUT2D eigenvalue weighted by molar-refractivity contribution is -0.174. The summed E-state index contributed by atoms with van der Waals surface area (Å²) in [6.45, 7) is 5.36. The third-order valence-electron chi connectivity index (χ3n) is 17.4. The Morgan fingerprint density at radius 3 is 1.22 bits per heavy atom. The second kappa shape index (κ2) is 28.9. The summed E-state index contributed by atoms with van der Waals surface area (Å²) >= 11 is 0. The number of rotatable bonds is 18. The highest BCUT2D eigenvalue weighted by Gasteiger charge is 2.52. The van der Waals surface area contributed by atoms with E-state index >= 15 is 0 Å². The fourth-order valence-corrected chi connectivity index (χ4v) is 11.9. The Bertz CT molecular complexity index is 4170. The molecule has 17 nitrogen and oxygen atoms in total. The van der Waals surface area contributed by atoms with Crippen LogP contribution in [0.3, 0.4) is 0 Å². The third-order valence-corrected chi connectivity index (χ3v) is 17.4. The molecule has 10 aromatic rings. The normalized spacial score (nSPS) is 15.5. The van der Waals surface area contributed by atoms with Crippen LogP contribution in [0.4, 0.5) is 8.78 Å². The van der Waals surface area contributed by atoms with E-state index in [2.05, 4.69) is 30.1 Å². The number of carbonyl (C=O) groups excluding carboxylic acids is 3. The van der Waals surface area contributed by atoms with Crippen LogP contribution in [0.2, 0.25) is 0 Å². The Kier molecular flexibility index (Phi) is 19.5. The molecular formula is C74H67F2N7O10. The molecule has 0 saturated carbocycles. The lowest BCUT2D eigenvalue weighted by Crippen LogP contribution is -2.56. The zero-order chi connectivity index (χ0) is 64.2. The summed E-state index contributed by atoms with van der Waals surface area (Å²) in [5.74, 6) is -1.93. The zero-order valence-corrected chi connectivity index (χ0v) is 51.0. The summed E-state index contributed by atoms with van der Waals surface area (Å²) < 4.78 is 57.4. The van der Waals surface area contributed by atoms with Crippen molar-refractivity contribution in [2.45, 2.75) is 52.0 Å². The number of amides is 1. The average molecular weight is 1250 g/mol. The molecule has 3 saturated heterocycles. The maximum Gasteiger partial charge on any atom is 0.323 e. The van der Waals surface area contributed by atoms with Crippen molar-refractivity contribution in [3.63, 3.8) is 0 Å². The highest BCUT2D eigenvalue weighted by molar-refractivity contribution is 6.03. The Morgan fingerprint density at radius 1 is 0.441 bits per heavy atom. The van der Waals surface area contributed by atoms with Gasteiger partial charge in [-0.3, -0.25) is 29.0 Å². The molecule has 13 rings (SSSR count). The van der Waals surface area contributed by atoms with E-state index < -0.39 is 28.7 Å². The molecule has 5 heterocycles. The van der Waals surface area contributed by atoms with Crippen LogP contribution in [0.25, 0.3) is 67.9 Å². The van der Waals surface area contributed by atoms with E-state index in [-0.39, 0.29) is 55.4 Å². The highest BCUT2D eigenvalue weighted by atomic mass is 19.1. The summed E-state index contributed by atoms with van der Waals surface area (Å²) in [6, 6.07) is 62.7. The summed E-state index contributed by atoms with van der Waals surface area (Å²) in [4.78, 5) is 67.7. The van der Waals surface area contributed by atoms with Gasteiger partial charge in [0.2, 0.25) is 17.6 Å². The molecule has 1 N–H and O–H groups in total. The Labute approximate surface area is 536 Å². The molecule has 0 unspecified atom stereocenters. The monoisotopic (exact) mass is 1250 g/mol. The summed E-state index contributed by atoms with van der Waals surface area (Å²) in [5.41, 5.74) is 6.12. The number of benzene rings is 8. The van der Waals surface area contributed by atoms with Crippen molar-refractivity contribution in [3.05, 3.63) is 240 Å². The number of piperidine rings is 2.